The molecule has 0 saturated heterocycles. The molecule has 1 heterocycles. The number of benzene rings is 1. The molecule has 1 unspecified atom stereocenters. The number of amides is 3. The molecule has 7 nitrogen and oxygen atoms in total. The highest BCUT2D eigenvalue weighted by molar-refractivity contribution is 8.02. The number of hydrogen-bond donors (Lipinski definition) is 3. The number of thioether (sulfide) groups is 1. The van der Waals surface area contributed by atoms with E-state index in [2.05, 4.69) is 33.1 Å². The Balaban J connectivity index is 1.85. The lowest BCUT2D eigenvalue weighted by molar-refractivity contribution is -0.119. The number of hydrogen-bond acceptors (Lipinski definition) is 7. The largest absolute Gasteiger partial charge is 0.360 e. The summed E-state index contributed by atoms with van der Waals surface area (Å²) in [6.07, 6.45) is 0.996. The Morgan fingerprint density at radius 2 is 2.04 bits per heavy atom. The van der Waals surface area contributed by atoms with Crippen molar-refractivity contribution in [2.24, 2.45) is 0 Å². The molecule has 26 heavy (non-hydrogen) atoms. The van der Waals surface area contributed by atoms with Gasteiger partial charge >= 0.3 is 6.03 Å². The van der Waals surface area contributed by atoms with E-state index in [0.29, 0.717) is 10.0 Å². The molecule has 1 aromatic carbocycles. The van der Waals surface area contributed by atoms with Gasteiger partial charge in [0.15, 0.2) is 4.34 Å². The monoisotopic (exact) mass is 393 g/mol. The van der Waals surface area contributed by atoms with Gasteiger partial charge in [0.25, 0.3) is 0 Å². The van der Waals surface area contributed by atoms with Crippen molar-refractivity contribution >= 4 is 45.9 Å². The van der Waals surface area contributed by atoms with E-state index < -0.39 is 11.3 Å². The molecule has 0 aliphatic rings. The zero-order valence-corrected chi connectivity index (χ0v) is 16.9. The maximum absolute atomic E-state index is 12.2. The highest BCUT2D eigenvalue weighted by Gasteiger charge is 2.19. The van der Waals surface area contributed by atoms with Crippen LogP contribution in [0.15, 0.2) is 22.5 Å². The van der Waals surface area contributed by atoms with Crippen LogP contribution in [-0.2, 0) is 4.79 Å². The predicted octanol–water partition coefficient (Wildman–Crippen LogP) is 3.81. The van der Waals surface area contributed by atoms with Gasteiger partial charge in [0.1, 0.15) is 0 Å². The number of rotatable bonds is 7. The first-order valence-electron chi connectivity index (χ1n) is 8.32. The highest BCUT2D eigenvalue weighted by atomic mass is 32.2. The third-order valence-electron chi connectivity index (χ3n) is 3.45. The van der Waals surface area contributed by atoms with Gasteiger partial charge in [-0.15, -0.1) is 10.2 Å². The predicted molar refractivity (Wildman–Crippen MR) is 107 cm³/mol. The van der Waals surface area contributed by atoms with E-state index in [4.69, 9.17) is 0 Å². The minimum atomic E-state index is -0.544. The Morgan fingerprint density at radius 1 is 1.27 bits per heavy atom. The first-order valence-corrected chi connectivity index (χ1v) is 10.0. The lowest BCUT2D eigenvalue weighted by atomic mass is 10.1. The van der Waals surface area contributed by atoms with Gasteiger partial charge < -0.3 is 10.6 Å². The van der Waals surface area contributed by atoms with Crippen molar-refractivity contribution in [1.29, 1.82) is 0 Å². The summed E-state index contributed by atoms with van der Waals surface area (Å²) in [5, 5.41) is 16.6. The summed E-state index contributed by atoms with van der Waals surface area (Å²) in [6.45, 7) is 8.51. The maximum Gasteiger partial charge on any atom is 0.325 e. The van der Waals surface area contributed by atoms with E-state index in [9.17, 15) is 9.59 Å². The molecule has 1 atom stereocenters. The van der Waals surface area contributed by atoms with Crippen molar-refractivity contribution in [2.45, 2.75) is 43.7 Å². The number of aryl methyl sites for hydroxylation is 2. The molecule has 0 radical (unpaired) electrons. The van der Waals surface area contributed by atoms with Gasteiger partial charge in [-0.05, 0) is 38.8 Å². The van der Waals surface area contributed by atoms with E-state index in [0.717, 1.165) is 29.2 Å². The van der Waals surface area contributed by atoms with Crippen LogP contribution in [0.2, 0.25) is 0 Å². The number of nitrogens with one attached hydrogen (secondary N) is 3. The Labute approximate surface area is 161 Å². The fraction of sp³-hybridized carbons (Fsp3) is 0.412. The lowest BCUT2D eigenvalue weighted by Crippen LogP contribution is -2.39. The molecule has 0 fully saturated rings. The van der Waals surface area contributed by atoms with E-state index >= 15 is 0 Å². The van der Waals surface area contributed by atoms with Crippen LogP contribution in [0, 0.1) is 13.8 Å². The topological polar surface area (TPSA) is 96.0 Å². The number of aromatic nitrogens is 2. The summed E-state index contributed by atoms with van der Waals surface area (Å²) in [5.41, 5.74) is 2.73. The molecule has 0 aliphatic heterocycles. The van der Waals surface area contributed by atoms with E-state index in [-0.39, 0.29) is 5.91 Å². The van der Waals surface area contributed by atoms with Crippen molar-refractivity contribution in [1.82, 2.24) is 15.5 Å². The van der Waals surface area contributed by atoms with Crippen LogP contribution < -0.4 is 16.0 Å². The molecule has 1 aromatic heterocycles. The average molecular weight is 394 g/mol. The smallest absolute Gasteiger partial charge is 0.325 e. The Hall–Kier alpha value is -2.13. The van der Waals surface area contributed by atoms with Crippen LogP contribution in [0.4, 0.5) is 15.6 Å². The van der Waals surface area contributed by atoms with E-state index in [1.165, 1.54) is 23.1 Å². The highest BCUT2D eigenvalue weighted by Crippen LogP contribution is 2.28. The molecule has 0 spiro atoms. The molecule has 9 heteroatoms. The normalized spacial score (nSPS) is 11.7. The van der Waals surface area contributed by atoms with Crippen molar-refractivity contribution in [3.05, 3.63) is 29.3 Å². The fourth-order valence-corrected chi connectivity index (χ4v) is 4.01. The van der Waals surface area contributed by atoms with E-state index in [1.807, 2.05) is 32.0 Å². The average Bonchev–Trinajstić information content (AvgIpc) is 3.02. The van der Waals surface area contributed by atoms with Gasteiger partial charge in [0.2, 0.25) is 11.0 Å². The van der Waals surface area contributed by atoms with Gasteiger partial charge in [-0.2, -0.15) is 0 Å². The Morgan fingerprint density at radius 3 is 2.73 bits per heavy atom. The molecule has 2 rings (SSSR count). The molecular formula is C17H23N5O2S2. The molecule has 0 saturated carbocycles. The van der Waals surface area contributed by atoms with Crippen molar-refractivity contribution < 1.29 is 9.59 Å². The van der Waals surface area contributed by atoms with Crippen LogP contribution in [-0.4, -0.2) is 33.9 Å². The number of imide groups is 1. The second kappa shape index (κ2) is 9.54. The molecule has 2 aromatic rings. The van der Waals surface area contributed by atoms with Crippen LogP contribution in [0.5, 0.6) is 0 Å². The summed E-state index contributed by atoms with van der Waals surface area (Å²) < 4.78 is 0.682. The van der Waals surface area contributed by atoms with Gasteiger partial charge in [-0.3, -0.25) is 10.1 Å². The molecule has 140 valence electrons. The minimum absolute atomic E-state index is 0.379. The standard InChI is InChI=1S/C17H23N5O2S2/c1-5-8-18-16-21-22-17(26-16)25-12(4)14(23)20-15(24)19-13-7-6-10(2)9-11(13)3/h6-7,9,12H,5,8H2,1-4H3,(H,18,21)(H2,19,20,23,24). The summed E-state index contributed by atoms with van der Waals surface area (Å²) in [5.74, 6) is -0.379. The zero-order valence-electron chi connectivity index (χ0n) is 15.3. The summed E-state index contributed by atoms with van der Waals surface area (Å²) in [4.78, 5) is 24.3. The van der Waals surface area contributed by atoms with Crippen molar-refractivity contribution in [3.8, 4) is 0 Å². The number of anilines is 2. The van der Waals surface area contributed by atoms with Crippen LogP contribution in [0.3, 0.4) is 0 Å². The molecule has 3 N–H and O–H groups in total. The van der Waals surface area contributed by atoms with Gasteiger partial charge in [-0.25, -0.2) is 4.79 Å². The number of carbonyl (C=O) groups excluding carboxylic acids is 2. The summed E-state index contributed by atoms with van der Waals surface area (Å²) in [6, 6.07) is 5.15. The minimum Gasteiger partial charge on any atom is -0.360 e. The maximum atomic E-state index is 12.2. The zero-order chi connectivity index (χ0) is 19.1. The Kier molecular flexibility index (Phi) is 7.40. The molecule has 0 aliphatic carbocycles. The van der Waals surface area contributed by atoms with Gasteiger partial charge in [0, 0.05) is 12.2 Å². The Bertz CT molecular complexity index is 778. The molecule has 3 amide bonds. The van der Waals surface area contributed by atoms with Crippen molar-refractivity contribution in [3.63, 3.8) is 0 Å². The van der Waals surface area contributed by atoms with Gasteiger partial charge in [0.05, 0.1) is 5.25 Å². The summed E-state index contributed by atoms with van der Waals surface area (Å²) >= 11 is 2.66. The van der Waals surface area contributed by atoms with E-state index in [1.54, 1.807) is 6.92 Å². The molecule has 0 bridgehead atoms. The first-order chi connectivity index (χ1) is 12.4. The third kappa shape index (κ3) is 5.99. The quantitative estimate of drug-likeness (QED) is 0.619. The lowest BCUT2D eigenvalue weighted by Gasteiger charge is -2.12. The number of carbonyl (C=O) groups is 2. The number of urea groups is 1. The third-order valence-corrected chi connectivity index (χ3v) is 5.51. The summed E-state index contributed by atoms with van der Waals surface area (Å²) in [7, 11) is 0. The van der Waals surface area contributed by atoms with Crippen LogP contribution >= 0.6 is 23.1 Å². The molecular weight excluding hydrogens is 370 g/mol. The van der Waals surface area contributed by atoms with Crippen LogP contribution in [0.25, 0.3) is 0 Å². The second-order valence-corrected chi connectivity index (χ2v) is 8.39. The first kappa shape index (κ1) is 20.2. The second-order valence-electron chi connectivity index (χ2n) is 5.82. The number of nitrogens with zero attached hydrogens (tertiary/aromatic N) is 2. The van der Waals surface area contributed by atoms with Crippen molar-refractivity contribution in [2.75, 3.05) is 17.2 Å². The fourth-order valence-electron chi connectivity index (χ4n) is 2.09. The SMILES string of the molecule is CCCNc1nnc(SC(C)C(=O)NC(=O)Nc2ccc(C)cc2C)s1. The van der Waals surface area contributed by atoms with Gasteiger partial charge in [-0.1, -0.05) is 47.7 Å². The van der Waals surface area contributed by atoms with Crippen LogP contribution in [0.1, 0.15) is 31.4 Å².